The van der Waals surface area contributed by atoms with Gasteiger partial charge in [0.2, 0.25) is 0 Å². The molecule has 1 atom stereocenters. The molecule has 1 aromatic rings. The second kappa shape index (κ2) is 6.80. The SMILES string of the molecule is CCc1cc(CC2CCCNC2)c(OC)cc1OC. The Kier molecular flexibility index (Phi) is 5.08. The van der Waals surface area contributed by atoms with Crippen molar-refractivity contribution in [2.24, 2.45) is 5.92 Å². The standard InChI is InChI=1S/C16H25NO2/c1-4-13-9-14(8-12-6-5-7-17-11-12)16(19-3)10-15(13)18-2/h9-10,12,17H,4-8,11H2,1-3H3. The van der Waals surface area contributed by atoms with Gasteiger partial charge in [-0.2, -0.15) is 0 Å². The molecule has 1 aliphatic heterocycles. The van der Waals surface area contributed by atoms with Crippen molar-refractivity contribution in [3.05, 3.63) is 23.3 Å². The van der Waals surface area contributed by atoms with Crippen LogP contribution >= 0.6 is 0 Å². The lowest BCUT2D eigenvalue weighted by Crippen LogP contribution is -2.30. The maximum atomic E-state index is 5.53. The van der Waals surface area contributed by atoms with E-state index in [1.807, 2.05) is 6.07 Å². The van der Waals surface area contributed by atoms with E-state index in [0.717, 1.165) is 43.3 Å². The summed E-state index contributed by atoms with van der Waals surface area (Å²) in [5, 5.41) is 3.48. The van der Waals surface area contributed by atoms with Crippen LogP contribution in [0.4, 0.5) is 0 Å². The van der Waals surface area contributed by atoms with E-state index in [9.17, 15) is 0 Å². The van der Waals surface area contributed by atoms with E-state index in [-0.39, 0.29) is 0 Å². The smallest absolute Gasteiger partial charge is 0.125 e. The van der Waals surface area contributed by atoms with E-state index in [1.54, 1.807) is 14.2 Å². The first-order chi connectivity index (χ1) is 9.28. The summed E-state index contributed by atoms with van der Waals surface area (Å²) >= 11 is 0. The molecule has 0 radical (unpaired) electrons. The van der Waals surface area contributed by atoms with Crippen LogP contribution in [-0.2, 0) is 12.8 Å². The lowest BCUT2D eigenvalue weighted by atomic mass is 9.91. The van der Waals surface area contributed by atoms with Crippen LogP contribution in [0.2, 0.25) is 0 Å². The van der Waals surface area contributed by atoms with Crippen LogP contribution in [0.5, 0.6) is 11.5 Å². The first-order valence-electron chi connectivity index (χ1n) is 7.23. The number of methoxy groups -OCH3 is 2. The van der Waals surface area contributed by atoms with E-state index < -0.39 is 0 Å². The Bertz CT molecular complexity index is 411. The quantitative estimate of drug-likeness (QED) is 0.886. The van der Waals surface area contributed by atoms with Crippen LogP contribution in [0, 0.1) is 5.92 Å². The summed E-state index contributed by atoms with van der Waals surface area (Å²) in [6.07, 6.45) is 4.67. The zero-order chi connectivity index (χ0) is 13.7. The fourth-order valence-corrected chi connectivity index (χ4v) is 2.88. The molecule has 0 amide bonds. The molecule has 1 fully saturated rings. The molecule has 1 aliphatic rings. The molecule has 1 aromatic carbocycles. The molecule has 0 saturated carbocycles. The minimum absolute atomic E-state index is 0.723. The summed E-state index contributed by atoms with van der Waals surface area (Å²) in [4.78, 5) is 0. The first kappa shape index (κ1) is 14.2. The Hall–Kier alpha value is -1.22. The van der Waals surface area contributed by atoms with Crippen molar-refractivity contribution in [3.8, 4) is 11.5 Å². The molecule has 0 aliphatic carbocycles. The average molecular weight is 263 g/mol. The van der Waals surface area contributed by atoms with Crippen molar-refractivity contribution < 1.29 is 9.47 Å². The Balaban J connectivity index is 2.21. The Labute approximate surface area is 116 Å². The maximum absolute atomic E-state index is 5.53. The van der Waals surface area contributed by atoms with Crippen molar-refractivity contribution in [2.45, 2.75) is 32.6 Å². The number of piperidine rings is 1. The zero-order valence-electron chi connectivity index (χ0n) is 12.3. The Morgan fingerprint density at radius 3 is 2.47 bits per heavy atom. The number of aryl methyl sites for hydroxylation is 1. The summed E-state index contributed by atoms with van der Waals surface area (Å²) in [5.74, 6) is 2.62. The zero-order valence-corrected chi connectivity index (χ0v) is 12.3. The second-order valence-corrected chi connectivity index (χ2v) is 5.25. The van der Waals surface area contributed by atoms with E-state index >= 15 is 0 Å². The Morgan fingerprint density at radius 1 is 1.16 bits per heavy atom. The molecular formula is C16H25NO2. The highest BCUT2D eigenvalue weighted by molar-refractivity contribution is 5.47. The molecule has 1 unspecified atom stereocenters. The molecule has 3 heteroatoms. The van der Waals surface area contributed by atoms with E-state index in [2.05, 4.69) is 18.3 Å². The van der Waals surface area contributed by atoms with Gasteiger partial charge >= 0.3 is 0 Å². The van der Waals surface area contributed by atoms with E-state index in [4.69, 9.17) is 9.47 Å². The predicted octanol–water partition coefficient (Wildman–Crippen LogP) is 2.81. The third kappa shape index (κ3) is 3.41. The number of hydrogen-bond acceptors (Lipinski definition) is 3. The molecule has 2 rings (SSSR count). The van der Waals surface area contributed by atoms with Gasteiger partial charge in [0.1, 0.15) is 11.5 Å². The fourth-order valence-electron chi connectivity index (χ4n) is 2.88. The summed E-state index contributed by atoms with van der Waals surface area (Å²) < 4.78 is 11.0. The van der Waals surface area contributed by atoms with Crippen LogP contribution in [0.3, 0.4) is 0 Å². The van der Waals surface area contributed by atoms with Gasteiger partial charge in [0.15, 0.2) is 0 Å². The lowest BCUT2D eigenvalue weighted by Gasteiger charge is -2.24. The molecule has 1 N–H and O–H groups in total. The van der Waals surface area contributed by atoms with Gasteiger partial charge < -0.3 is 14.8 Å². The monoisotopic (exact) mass is 263 g/mol. The van der Waals surface area contributed by atoms with Crippen molar-refractivity contribution >= 4 is 0 Å². The third-order valence-corrected chi connectivity index (χ3v) is 3.97. The highest BCUT2D eigenvalue weighted by Gasteiger charge is 2.17. The minimum atomic E-state index is 0.723. The largest absolute Gasteiger partial charge is 0.496 e. The van der Waals surface area contributed by atoms with Gasteiger partial charge in [0.05, 0.1) is 14.2 Å². The van der Waals surface area contributed by atoms with Gasteiger partial charge in [-0.1, -0.05) is 6.92 Å². The molecular weight excluding hydrogens is 238 g/mol. The second-order valence-electron chi connectivity index (χ2n) is 5.25. The number of benzene rings is 1. The molecule has 19 heavy (non-hydrogen) atoms. The summed E-state index contributed by atoms with van der Waals surface area (Å²) in [5.41, 5.74) is 2.58. The topological polar surface area (TPSA) is 30.5 Å². The summed E-state index contributed by atoms with van der Waals surface area (Å²) in [6.45, 7) is 4.45. The lowest BCUT2D eigenvalue weighted by molar-refractivity contribution is 0.360. The normalized spacial score (nSPS) is 19.2. The molecule has 0 spiro atoms. The number of nitrogens with one attached hydrogen (secondary N) is 1. The van der Waals surface area contributed by atoms with Crippen LogP contribution in [-0.4, -0.2) is 27.3 Å². The van der Waals surface area contributed by atoms with Crippen molar-refractivity contribution in [1.82, 2.24) is 5.32 Å². The van der Waals surface area contributed by atoms with Gasteiger partial charge in [-0.15, -0.1) is 0 Å². The molecule has 3 nitrogen and oxygen atoms in total. The van der Waals surface area contributed by atoms with Gasteiger partial charge in [-0.25, -0.2) is 0 Å². The maximum Gasteiger partial charge on any atom is 0.125 e. The minimum Gasteiger partial charge on any atom is -0.496 e. The third-order valence-electron chi connectivity index (χ3n) is 3.97. The van der Waals surface area contributed by atoms with Crippen molar-refractivity contribution in [2.75, 3.05) is 27.3 Å². The van der Waals surface area contributed by atoms with Crippen LogP contribution in [0.1, 0.15) is 30.9 Å². The average Bonchev–Trinajstić information content (AvgIpc) is 2.47. The Morgan fingerprint density at radius 2 is 1.89 bits per heavy atom. The van der Waals surface area contributed by atoms with Crippen molar-refractivity contribution in [1.29, 1.82) is 0 Å². The fraction of sp³-hybridized carbons (Fsp3) is 0.625. The number of ether oxygens (including phenoxy) is 2. The van der Waals surface area contributed by atoms with Gasteiger partial charge in [0.25, 0.3) is 0 Å². The summed E-state index contributed by atoms with van der Waals surface area (Å²) in [7, 11) is 3.46. The van der Waals surface area contributed by atoms with Crippen LogP contribution < -0.4 is 14.8 Å². The molecule has 1 saturated heterocycles. The first-order valence-corrected chi connectivity index (χ1v) is 7.23. The van der Waals surface area contributed by atoms with E-state index in [1.165, 1.54) is 24.0 Å². The van der Waals surface area contributed by atoms with Gasteiger partial charge in [-0.05, 0) is 61.9 Å². The number of rotatable bonds is 5. The highest BCUT2D eigenvalue weighted by atomic mass is 16.5. The number of hydrogen-bond donors (Lipinski definition) is 1. The molecule has 0 bridgehead atoms. The molecule has 0 aromatic heterocycles. The van der Waals surface area contributed by atoms with Crippen LogP contribution in [0.15, 0.2) is 12.1 Å². The van der Waals surface area contributed by atoms with Crippen LogP contribution in [0.25, 0.3) is 0 Å². The predicted molar refractivity (Wildman–Crippen MR) is 78.2 cm³/mol. The van der Waals surface area contributed by atoms with Crippen molar-refractivity contribution in [3.63, 3.8) is 0 Å². The highest BCUT2D eigenvalue weighted by Crippen LogP contribution is 2.32. The summed E-state index contributed by atoms with van der Waals surface area (Å²) in [6, 6.07) is 4.29. The van der Waals surface area contributed by atoms with Gasteiger partial charge in [-0.3, -0.25) is 0 Å². The molecule has 106 valence electrons. The van der Waals surface area contributed by atoms with Gasteiger partial charge in [0, 0.05) is 6.07 Å². The molecule has 1 heterocycles. The van der Waals surface area contributed by atoms with E-state index in [0.29, 0.717) is 0 Å².